The van der Waals surface area contributed by atoms with Crippen molar-refractivity contribution in [3.8, 4) is 11.5 Å². The maximum atomic E-state index is 11.4. The molecule has 1 aromatic rings. The second kappa shape index (κ2) is 6.63. The first-order chi connectivity index (χ1) is 8.62. The van der Waals surface area contributed by atoms with E-state index in [2.05, 4.69) is 0 Å². The van der Waals surface area contributed by atoms with Gasteiger partial charge in [-0.25, -0.2) is 0 Å². The highest BCUT2D eigenvalue weighted by molar-refractivity contribution is 5.92. The quantitative estimate of drug-likeness (QED) is 0.513. The average Bonchev–Trinajstić information content (AvgIpc) is 2.38. The van der Waals surface area contributed by atoms with Gasteiger partial charge in [0.2, 0.25) is 5.91 Å². The summed E-state index contributed by atoms with van der Waals surface area (Å²) in [6, 6.07) is 4.64. The molecule has 0 aliphatic rings. The Hall–Kier alpha value is -2.05. The number of aliphatic hydroxyl groups excluding tert-OH is 2. The molecule has 6 heteroatoms. The number of hydrogen-bond donors (Lipinski definition) is 3. The zero-order valence-electron chi connectivity index (χ0n) is 9.91. The van der Waals surface area contributed by atoms with Gasteiger partial charge in [-0.15, -0.1) is 0 Å². The molecule has 0 aliphatic carbocycles. The molecule has 98 valence electrons. The van der Waals surface area contributed by atoms with Crippen LogP contribution < -0.4 is 4.74 Å². The molecule has 0 saturated carbocycles. The van der Waals surface area contributed by atoms with Crippen LogP contribution in [0.4, 0.5) is 0 Å². The lowest BCUT2D eigenvalue weighted by atomic mass is 10.1. The molecule has 0 bridgehead atoms. The Kier molecular flexibility index (Phi) is 5.16. The topological polar surface area (TPSA) is 90.2 Å². The first-order valence-electron chi connectivity index (χ1n) is 5.18. The van der Waals surface area contributed by atoms with E-state index in [0.717, 1.165) is 11.0 Å². The Morgan fingerprint density at radius 2 is 2.06 bits per heavy atom. The summed E-state index contributed by atoms with van der Waals surface area (Å²) in [6.07, 6.45) is 2.53. The molecule has 3 N–H and O–H groups in total. The standard InChI is InChI=1S/C12H15NO5/c1-18-10-4-2-9(11(16)6-10)3-5-12(17)13(7-14)8-15/h2-6,14-16H,7-8H2,1H3/b5-3+. The van der Waals surface area contributed by atoms with Gasteiger partial charge in [-0.3, -0.25) is 9.69 Å². The number of benzene rings is 1. The van der Waals surface area contributed by atoms with Gasteiger partial charge < -0.3 is 20.1 Å². The van der Waals surface area contributed by atoms with Crippen LogP contribution in [0.1, 0.15) is 5.56 Å². The van der Waals surface area contributed by atoms with Gasteiger partial charge in [0.15, 0.2) is 0 Å². The molecule has 1 aromatic carbocycles. The van der Waals surface area contributed by atoms with E-state index in [4.69, 9.17) is 14.9 Å². The molecule has 0 unspecified atom stereocenters. The van der Waals surface area contributed by atoms with Crippen LogP contribution in [0.15, 0.2) is 24.3 Å². The summed E-state index contributed by atoms with van der Waals surface area (Å²) in [4.78, 5) is 12.2. The molecule has 0 fully saturated rings. The Bertz CT molecular complexity index is 440. The minimum Gasteiger partial charge on any atom is -0.507 e. The molecule has 1 amide bonds. The summed E-state index contributed by atoms with van der Waals surface area (Å²) in [5, 5.41) is 27.2. The highest BCUT2D eigenvalue weighted by atomic mass is 16.5. The fourth-order valence-electron chi connectivity index (χ4n) is 1.24. The lowest BCUT2D eigenvalue weighted by Crippen LogP contribution is -2.31. The van der Waals surface area contributed by atoms with E-state index in [1.807, 2.05) is 0 Å². The third kappa shape index (κ3) is 3.47. The van der Waals surface area contributed by atoms with Gasteiger partial charge in [0.25, 0.3) is 0 Å². The summed E-state index contributed by atoms with van der Waals surface area (Å²) in [7, 11) is 1.48. The lowest BCUT2D eigenvalue weighted by molar-refractivity contribution is -0.133. The van der Waals surface area contributed by atoms with Gasteiger partial charge in [0, 0.05) is 17.7 Å². The van der Waals surface area contributed by atoms with Crippen molar-refractivity contribution in [2.45, 2.75) is 0 Å². The van der Waals surface area contributed by atoms with Crippen LogP contribution in [0.25, 0.3) is 6.08 Å². The summed E-state index contributed by atoms with van der Waals surface area (Å²) in [5.41, 5.74) is 0.431. The maximum absolute atomic E-state index is 11.4. The Morgan fingerprint density at radius 1 is 1.39 bits per heavy atom. The number of amides is 1. The number of carbonyl (C=O) groups is 1. The third-order valence-electron chi connectivity index (χ3n) is 2.30. The van der Waals surface area contributed by atoms with Crippen molar-refractivity contribution in [3.05, 3.63) is 29.8 Å². The van der Waals surface area contributed by atoms with E-state index in [1.54, 1.807) is 12.1 Å². The van der Waals surface area contributed by atoms with Crippen LogP contribution in [0, 0.1) is 0 Å². The van der Waals surface area contributed by atoms with Gasteiger partial charge in [-0.2, -0.15) is 0 Å². The number of rotatable bonds is 5. The minimum atomic E-state index is -0.575. The van der Waals surface area contributed by atoms with E-state index in [0.29, 0.717) is 11.3 Å². The van der Waals surface area contributed by atoms with Gasteiger partial charge in [0.05, 0.1) is 7.11 Å². The zero-order valence-corrected chi connectivity index (χ0v) is 9.91. The van der Waals surface area contributed by atoms with Crippen molar-refractivity contribution in [2.75, 3.05) is 20.6 Å². The van der Waals surface area contributed by atoms with Gasteiger partial charge in [-0.1, -0.05) is 0 Å². The normalized spacial score (nSPS) is 10.6. The van der Waals surface area contributed by atoms with Crippen molar-refractivity contribution in [1.29, 1.82) is 0 Å². The summed E-state index contributed by atoms with van der Waals surface area (Å²) in [6.45, 7) is -1.15. The smallest absolute Gasteiger partial charge is 0.250 e. The first-order valence-corrected chi connectivity index (χ1v) is 5.18. The number of nitrogens with zero attached hydrogens (tertiary/aromatic N) is 1. The highest BCUT2D eigenvalue weighted by Crippen LogP contribution is 2.24. The number of methoxy groups -OCH3 is 1. The molecule has 0 atom stereocenters. The number of hydrogen-bond acceptors (Lipinski definition) is 5. The van der Waals surface area contributed by atoms with Crippen molar-refractivity contribution < 1.29 is 24.9 Å². The second-order valence-corrected chi connectivity index (χ2v) is 3.42. The third-order valence-corrected chi connectivity index (χ3v) is 2.30. The summed E-state index contributed by atoms with van der Waals surface area (Å²) >= 11 is 0. The first kappa shape index (κ1) is 14.0. The number of phenolic OH excluding ortho intramolecular Hbond substituents is 1. The van der Waals surface area contributed by atoms with Crippen LogP contribution >= 0.6 is 0 Å². The van der Waals surface area contributed by atoms with E-state index < -0.39 is 19.4 Å². The molecule has 1 rings (SSSR count). The number of ether oxygens (including phenoxy) is 1. The molecular formula is C12H15NO5. The van der Waals surface area contributed by atoms with Crippen LogP contribution in [0.2, 0.25) is 0 Å². The van der Waals surface area contributed by atoms with Crippen molar-refractivity contribution in [3.63, 3.8) is 0 Å². The largest absolute Gasteiger partial charge is 0.507 e. The number of aromatic hydroxyl groups is 1. The molecule has 0 saturated heterocycles. The van der Waals surface area contributed by atoms with Crippen molar-refractivity contribution in [2.24, 2.45) is 0 Å². The number of carbonyl (C=O) groups excluding carboxylic acids is 1. The Balaban J connectivity index is 2.81. The second-order valence-electron chi connectivity index (χ2n) is 3.42. The zero-order chi connectivity index (χ0) is 13.5. The number of phenols is 1. The molecule has 0 heterocycles. The average molecular weight is 253 g/mol. The van der Waals surface area contributed by atoms with Gasteiger partial charge in [-0.05, 0) is 18.2 Å². The molecule has 0 aromatic heterocycles. The predicted octanol–water partition coefficient (Wildman–Crippen LogP) is 0.142. The van der Waals surface area contributed by atoms with E-state index in [9.17, 15) is 9.90 Å². The van der Waals surface area contributed by atoms with E-state index in [1.165, 1.54) is 19.3 Å². The molecule has 0 spiro atoms. The monoisotopic (exact) mass is 253 g/mol. The SMILES string of the molecule is COc1ccc(/C=C/C(=O)N(CO)CO)c(O)c1. The summed E-state index contributed by atoms with van der Waals surface area (Å²) < 4.78 is 4.92. The highest BCUT2D eigenvalue weighted by Gasteiger charge is 2.07. The predicted molar refractivity (Wildman–Crippen MR) is 64.7 cm³/mol. The molecule has 18 heavy (non-hydrogen) atoms. The number of aliphatic hydroxyl groups is 2. The van der Waals surface area contributed by atoms with E-state index in [-0.39, 0.29) is 5.75 Å². The van der Waals surface area contributed by atoms with E-state index >= 15 is 0 Å². The van der Waals surface area contributed by atoms with Crippen molar-refractivity contribution >= 4 is 12.0 Å². The molecular weight excluding hydrogens is 238 g/mol. The fourth-order valence-corrected chi connectivity index (χ4v) is 1.24. The fraction of sp³-hybridized carbons (Fsp3) is 0.250. The van der Waals surface area contributed by atoms with Crippen LogP contribution in [-0.2, 0) is 4.79 Å². The molecule has 0 aliphatic heterocycles. The van der Waals surface area contributed by atoms with Crippen molar-refractivity contribution in [1.82, 2.24) is 4.90 Å². The minimum absolute atomic E-state index is 0.0297. The lowest BCUT2D eigenvalue weighted by Gasteiger charge is -2.13. The molecule has 6 nitrogen and oxygen atoms in total. The molecule has 0 radical (unpaired) electrons. The maximum Gasteiger partial charge on any atom is 0.250 e. The Labute approximate surface area is 104 Å². The Morgan fingerprint density at radius 3 is 2.56 bits per heavy atom. The van der Waals surface area contributed by atoms with Gasteiger partial charge >= 0.3 is 0 Å². The van der Waals surface area contributed by atoms with Crippen LogP contribution in [0.5, 0.6) is 11.5 Å². The van der Waals surface area contributed by atoms with Crippen LogP contribution in [-0.4, -0.2) is 46.7 Å². The van der Waals surface area contributed by atoms with Gasteiger partial charge in [0.1, 0.15) is 25.0 Å². The summed E-state index contributed by atoms with van der Waals surface area (Å²) in [5.74, 6) is -0.0866. The van der Waals surface area contributed by atoms with Crippen LogP contribution in [0.3, 0.4) is 0 Å².